The van der Waals surface area contributed by atoms with E-state index in [1.165, 1.54) is 0 Å². The Hall–Kier alpha value is -2.63. The summed E-state index contributed by atoms with van der Waals surface area (Å²) in [4.78, 5) is 22.5. The standard InChI is InChI=1S/C15H17N5O/c1-2-7-17-13-8-16-9-14(19-13)20-10-15(21)18-11-5-3-4-6-12(11)20/h3-6,8-9H,2,7,10H2,1H3,(H,17,19)(H,18,21). The summed E-state index contributed by atoms with van der Waals surface area (Å²) < 4.78 is 0. The van der Waals surface area contributed by atoms with Crippen LogP contribution < -0.4 is 15.5 Å². The Bertz CT molecular complexity index is 658. The summed E-state index contributed by atoms with van der Waals surface area (Å²) in [7, 11) is 0. The number of benzene rings is 1. The molecule has 2 heterocycles. The van der Waals surface area contributed by atoms with Gasteiger partial charge in [0.2, 0.25) is 5.91 Å². The third-order valence-electron chi connectivity index (χ3n) is 3.23. The summed E-state index contributed by atoms with van der Waals surface area (Å²) in [6.07, 6.45) is 4.38. The summed E-state index contributed by atoms with van der Waals surface area (Å²) in [5, 5.41) is 6.07. The minimum absolute atomic E-state index is 0.0533. The molecule has 6 heteroatoms. The number of amides is 1. The molecule has 0 saturated carbocycles. The summed E-state index contributed by atoms with van der Waals surface area (Å²) in [5.41, 5.74) is 1.72. The minimum atomic E-state index is -0.0533. The fraction of sp³-hybridized carbons (Fsp3) is 0.267. The van der Waals surface area contributed by atoms with Gasteiger partial charge < -0.3 is 15.5 Å². The van der Waals surface area contributed by atoms with Gasteiger partial charge in [0, 0.05) is 6.54 Å². The SMILES string of the molecule is CCCNc1cncc(N2CC(=O)Nc3ccccc32)n1. The molecule has 2 N–H and O–H groups in total. The lowest BCUT2D eigenvalue weighted by Gasteiger charge is -2.29. The largest absolute Gasteiger partial charge is 0.369 e. The number of hydrogen-bond donors (Lipinski definition) is 2. The number of carbonyl (C=O) groups is 1. The molecule has 1 aliphatic rings. The molecule has 0 radical (unpaired) electrons. The van der Waals surface area contributed by atoms with E-state index in [0.717, 1.165) is 30.2 Å². The number of nitrogens with one attached hydrogen (secondary N) is 2. The van der Waals surface area contributed by atoms with Crippen LogP contribution in [0.5, 0.6) is 0 Å². The van der Waals surface area contributed by atoms with Crippen molar-refractivity contribution in [2.24, 2.45) is 0 Å². The van der Waals surface area contributed by atoms with E-state index in [4.69, 9.17) is 0 Å². The molecule has 0 aliphatic carbocycles. The lowest BCUT2D eigenvalue weighted by atomic mass is 10.2. The first-order chi connectivity index (χ1) is 10.3. The summed E-state index contributed by atoms with van der Waals surface area (Å²) in [6, 6.07) is 7.68. The van der Waals surface area contributed by atoms with Gasteiger partial charge in [-0.2, -0.15) is 0 Å². The molecule has 3 rings (SSSR count). The molecule has 108 valence electrons. The summed E-state index contributed by atoms with van der Waals surface area (Å²) in [5.74, 6) is 1.33. The Morgan fingerprint density at radius 2 is 2.19 bits per heavy atom. The summed E-state index contributed by atoms with van der Waals surface area (Å²) >= 11 is 0. The average molecular weight is 283 g/mol. The van der Waals surface area contributed by atoms with Gasteiger partial charge in [0.15, 0.2) is 5.82 Å². The van der Waals surface area contributed by atoms with Crippen LogP contribution in [0.2, 0.25) is 0 Å². The van der Waals surface area contributed by atoms with Crippen LogP contribution in [0.1, 0.15) is 13.3 Å². The zero-order valence-corrected chi connectivity index (χ0v) is 11.8. The van der Waals surface area contributed by atoms with E-state index < -0.39 is 0 Å². The molecule has 1 aromatic heterocycles. The van der Waals surface area contributed by atoms with Crippen molar-refractivity contribution in [3.63, 3.8) is 0 Å². The number of nitrogens with zero attached hydrogens (tertiary/aromatic N) is 3. The van der Waals surface area contributed by atoms with Gasteiger partial charge >= 0.3 is 0 Å². The van der Waals surface area contributed by atoms with Gasteiger partial charge in [0.25, 0.3) is 0 Å². The number of aromatic nitrogens is 2. The van der Waals surface area contributed by atoms with Gasteiger partial charge in [0.1, 0.15) is 12.4 Å². The molecular weight excluding hydrogens is 266 g/mol. The Kier molecular flexibility index (Phi) is 3.68. The highest BCUT2D eigenvalue weighted by Crippen LogP contribution is 2.33. The zero-order valence-electron chi connectivity index (χ0n) is 11.8. The Morgan fingerprint density at radius 1 is 1.33 bits per heavy atom. The van der Waals surface area contributed by atoms with Gasteiger partial charge in [-0.15, -0.1) is 0 Å². The molecule has 0 spiro atoms. The fourth-order valence-electron chi connectivity index (χ4n) is 2.26. The van der Waals surface area contributed by atoms with E-state index in [-0.39, 0.29) is 12.5 Å². The Morgan fingerprint density at radius 3 is 3.05 bits per heavy atom. The minimum Gasteiger partial charge on any atom is -0.369 e. The van der Waals surface area contributed by atoms with Gasteiger partial charge in [0.05, 0.1) is 23.8 Å². The van der Waals surface area contributed by atoms with Crippen LogP contribution in [0.3, 0.4) is 0 Å². The number of fused-ring (bicyclic) bond motifs is 1. The van der Waals surface area contributed by atoms with Crippen LogP contribution in [-0.2, 0) is 4.79 Å². The molecular formula is C15H17N5O. The first-order valence-electron chi connectivity index (χ1n) is 7.00. The maximum Gasteiger partial charge on any atom is 0.244 e. The topological polar surface area (TPSA) is 70.2 Å². The van der Waals surface area contributed by atoms with Crippen molar-refractivity contribution in [2.75, 3.05) is 28.6 Å². The van der Waals surface area contributed by atoms with Gasteiger partial charge in [-0.05, 0) is 18.6 Å². The van der Waals surface area contributed by atoms with E-state index >= 15 is 0 Å². The lowest BCUT2D eigenvalue weighted by molar-refractivity contribution is -0.115. The van der Waals surface area contributed by atoms with Crippen molar-refractivity contribution in [1.82, 2.24) is 9.97 Å². The smallest absolute Gasteiger partial charge is 0.244 e. The molecule has 2 aromatic rings. The monoisotopic (exact) mass is 283 g/mol. The molecule has 1 aliphatic heterocycles. The van der Waals surface area contributed by atoms with Gasteiger partial charge in [-0.3, -0.25) is 9.78 Å². The molecule has 0 bridgehead atoms. The van der Waals surface area contributed by atoms with Crippen LogP contribution >= 0.6 is 0 Å². The lowest BCUT2D eigenvalue weighted by Crippen LogP contribution is -2.35. The highest BCUT2D eigenvalue weighted by atomic mass is 16.2. The van der Waals surface area contributed by atoms with Gasteiger partial charge in [-0.25, -0.2) is 4.98 Å². The van der Waals surface area contributed by atoms with Crippen molar-refractivity contribution >= 4 is 28.9 Å². The second kappa shape index (κ2) is 5.78. The van der Waals surface area contributed by atoms with Crippen molar-refractivity contribution in [3.8, 4) is 0 Å². The predicted molar refractivity (Wildman–Crippen MR) is 82.9 cm³/mol. The number of carbonyl (C=O) groups excluding carboxylic acids is 1. The third kappa shape index (κ3) is 2.79. The highest BCUT2D eigenvalue weighted by molar-refractivity contribution is 6.02. The third-order valence-corrected chi connectivity index (χ3v) is 3.23. The van der Waals surface area contributed by atoms with E-state index in [9.17, 15) is 4.79 Å². The van der Waals surface area contributed by atoms with Crippen molar-refractivity contribution in [1.29, 1.82) is 0 Å². The Balaban J connectivity index is 1.95. The molecule has 21 heavy (non-hydrogen) atoms. The van der Waals surface area contributed by atoms with Crippen molar-refractivity contribution in [3.05, 3.63) is 36.7 Å². The van der Waals surface area contributed by atoms with E-state index in [2.05, 4.69) is 27.5 Å². The summed E-state index contributed by atoms with van der Waals surface area (Å²) in [6.45, 7) is 3.17. The maximum absolute atomic E-state index is 11.8. The molecule has 0 fully saturated rings. The van der Waals surface area contributed by atoms with E-state index in [1.54, 1.807) is 12.4 Å². The Labute approximate surface area is 123 Å². The molecule has 1 amide bonds. The maximum atomic E-state index is 11.8. The van der Waals surface area contributed by atoms with Crippen LogP contribution in [-0.4, -0.2) is 29.0 Å². The van der Waals surface area contributed by atoms with Crippen LogP contribution in [0.25, 0.3) is 0 Å². The number of para-hydroxylation sites is 2. The first kappa shape index (κ1) is 13.4. The molecule has 0 unspecified atom stereocenters. The normalized spacial score (nSPS) is 13.6. The van der Waals surface area contributed by atoms with Crippen LogP contribution in [0, 0.1) is 0 Å². The number of anilines is 4. The molecule has 6 nitrogen and oxygen atoms in total. The predicted octanol–water partition coefficient (Wildman–Crippen LogP) is 2.39. The van der Waals surface area contributed by atoms with E-state index in [1.807, 2.05) is 29.2 Å². The fourth-order valence-corrected chi connectivity index (χ4v) is 2.26. The van der Waals surface area contributed by atoms with Crippen LogP contribution in [0.15, 0.2) is 36.7 Å². The number of hydrogen-bond acceptors (Lipinski definition) is 5. The molecule has 0 atom stereocenters. The second-order valence-electron chi connectivity index (χ2n) is 4.84. The first-order valence-corrected chi connectivity index (χ1v) is 7.00. The highest BCUT2D eigenvalue weighted by Gasteiger charge is 2.23. The van der Waals surface area contributed by atoms with Crippen molar-refractivity contribution in [2.45, 2.75) is 13.3 Å². The van der Waals surface area contributed by atoms with Crippen molar-refractivity contribution < 1.29 is 4.79 Å². The zero-order chi connectivity index (χ0) is 14.7. The quantitative estimate of drug-likeness (QED) is 0.901. The van der Waals surface area contributed by atoms with Gasteiger partial charge in [-0.1, -0.05) is 19.1 Å². The van der Waals surface area contributed by atoms with Crippen LogP contribution in [0.4, 0.5) is 23.0 Å². The number of rotatable bonds is 4. The molecule has 1 aromatic carbocycles. The molecule has 0 saturated heterocycles. The average Bonchev–Trinajstić information content (AvgIpc) is 2.52. The van der Waals surface area contributed by atoms with E-state index in [0.29, 0.717) is 5.82 Å². The second-order valence-corrected chi connectivity index (χ2v) is 4.84.